The van der Waals surface area contributed by atoms with E-state index in [1.807, 2.05) is 0 Å². The molecule has 1 rings (SSSR count). The monoisotopic (exact) mass is 227 g/mol. The molecule has 0 fully saturated rings. The van der Waals surface area contributed by atoms with Crippen molar-refractivity contribution in [2.24, 2.45) is 5.73 Å². The van der Waals surface area contributed by atoms with Crippen molar-refractivity contribution in [1.82, 2.24) is 0 Å². The summed E-state index contributed by atoms with van der Waals surface area (Å²) in [5.74, 6) is 1.22. The predicted octanol–water partition coefficient (Wildman–Crippen LogP) is -0.114. The molecule has 1 atom stereocenters. The fourth-order valence-electron chi connectivity index (χ4n) is 1.20. The van der Waals surface area contributed by atoms with Gasteiger partial charge in [0.25, 0.3) is 0 Å². The van der Waals surface area contributed by atoms with Crippen molar-refractivity contribution in [2.75, 3.05) is 20.3 Å². The SMILES string of the molecule is COc1ccc(CN)c(OCC(O)CO)c1. The van der Waals surface area contributed by atoms with Crippen LogP contribution in [0.1, 0.15) is 5.56 Å². The maximum Gasteiger partial charge on any atom is 0.127 e. The molecule has 16 heavy (non-hydrogen) atoms. The van der Waals surface area contributed by atoms with Crippen LogP contribution in [0.2, 0.25) is 0 Å². The smallest absolute Gasteiger partial charge is 0.127 e. The van der Waals surface area contributed by atoms with Gasteiger partial charge in [0.15, 0.2) is 0 Å². The van der Waals surface area contributed by atoms with E-state index < -0.39 is 6.10 Å². The summed E-state index contributed by atoms with van der Waals surface area (Å²) in [6, 6.07) is 5.29. The number of nitrogens with two attached hydrogens (primary N) is 1. The highest BCUT2D eigenvalue weighted by molar-refractivity contribution is 5.40. The van der Waals surface area contributed by atoms with Crippen LogP contribution in [0.4, 0.5) is 0 Å². The van der Waals surface area contributed by atoms with E-state index in [1.54, 1.807) is 25.3 Å². The molecule has 0 aliphatic heterocycles. The lowest BCUT2D eigenvalue weighted by molar-refractivity contribution is 0.0532. The number of hydrogen-bond acceptors (Lipinski definition) is 5. The van der Waals surface area contributed by atoms with Gasteiger partial charge in [0.2, 0.25) is 0 Å². The van der Waals surface area contributed by atoms with E-state index in [0.29, 0.717) is 18.0 Å². The van der Waals surface area contributed by atoms with Gasteiger partial charge < -0.3 is 25.4 Å². The van der Waals surface area contributed by atoms with E-state index in [0.717, 1.165) is 5.56 Å². The van der Waals surface area contributed by atoms with Crippen LogP contribution in [0, 0.1) is 0 Å². The number of hydrogen-bond donors (Lipinski definition) is 3. The Balaban J connectivity index is 2.75. The molecule has 5 heteroatoms. The van der Waals surface area contributed by atoms with Gasteiger partial charge >= 0.3 is 0 Å². The van der Waals surface area contributed by atoms with Gasteiger partial charge in [-0.25, -0.2) is 0 Å². The van der Waals surface area contributed by atoms with Gasteiger partial charge in [0.1, 0.15) is 24.2 Å². The maximum atomic E-state index is 9.17. The van der Waals surface area contributed by atoms with Crippen LogP contribution >= 0.6 is 0 Å². The number of benzene rings is 1. The van der Waals surface area contributed by atoms with Crippen molar-refractivity contribution >= 4 is 0 Å². The fourth-order valence-corrected chi connectivity index (χ4v) is 1.20. The molecule has 0 saturated carbocycles. The summed E-state index contributed by atoms with van der Waals surface area (Å²) in [7, 11) is 1.56. The minimum atomic E-state index is -0.892. The number of rotatable bonds is 6. The van der Waals surface area contributed by atoms with Crippen LogP contribution in [0.3, 0.4) is 0 Å². The van der Waals surface area contributed by atoms with Gasteiger partial charge in [0, 0.05) is 18.2 Å². The van der Waals surface area contributed by atoms with Crippen molar-refractivity contribution in [3.63, 3.8) is 0 Å². The van der Waals surface area contributed by atoms with E-state index in [-0.39, 0.29) is 13.2 Å². The second-order valence-corrected chi connectivity index (χ2v) is 3.33. The first kappa shape index (κ1) is 12.8. The minimum absolute atomic E-state index is 0.0245. The minimum Gasteiger partial charge on any atom is -0.497 e. The molecule has 0 spiro atoms. The molecule has 1 aromatic carbocycles. The molecule has 1 unspecified atom stereocenters. The molecule has 0 bridgehead atoms. The number of methoxy groups -OCH3 is 1. The van der Waals surface area contributed by atoms with Crippen LogP contribution in [0.5, 0.6) is 11.5 Å². The van der Waals surface area contributed by atoms with Crippen LogP contribution in [-0.4, -0.2) is 36.6 Å². The molecule has 5 nitrogen and oxygen atoms in total. The van der Waals surface area contributed by atoms with Crippen LogP contribution < -0.4 is 15.2 Å². The Kier molecular flexibility index (Phi) is 5.04. The molecule has 0 aliphatic carbocycles. The van der Waals surface area contributed by atoms with Crippen LogP contribution in [-0.2, 0) is 6.54 Å². The molecule has 0 radical (unpaired) electrons. The second kappa shape index (κ2) is 6.32. The Bertz CT molecular complexity index is 330. The Morgan fingerprint density at radius 1 is 1.44 bits per heavy atom. The Labute approximate surface area is 94.4 Å². The standard InChI is InChI=1S/C11H17NO4/c1-15-10-3-2-8(5-12)11(4-10)16-7-9(14)6-13/h2-4,9,13-14H,5-7,12H2,1H3. The normalized spacial score (nSPS) is 12.2. The Morgan fingerprint density at radius 3 is 2.75 bits per heavy atom. The lowest BCUT2D eigenvalue weighted by Crippen LogP contribution is -2.21. The van der Waals surface area contributed by atoms with E-state index in [9.17, 15) is 5.11 Å². The molecule has 0 heterocycles. The third-order valence-electron chi connectivity index (χ3n) is 2.14. The second-order valence-electron chi connectivity index (χ2n) is 3.33. The first-order valence-corrected chi connectivity index (χ1v) is 5.00. The molecular formula is C11H17NO4. The molecule has 0 saturated heterocycles. The third kappa shape index (κ3) is 3.37. The zero-order valence-electron chi connectivity index (χ0n) is 9.22. The Hall–Kier alpha value is -1.30. The maximum absolute atomic E-state index is 9.17. The van der Waals surface area contributed by atoms with Gasteiger partial charge in [-0.15, -0.1) is 0 Å². The number of ether oxygens (including phenoxy) is 2. The summed E-state index contributed by atoms with van der Waals surface area (Å²) in [6.07, 6.45) is -0.892. The highest BCUT2D eigenvalue weighted by Gasteiger charge is 2.07. The van der Waals surface area contributed by atoms with Gasteiger partial charge in [-0.1, -0.05) is 6.07 Å². The lowest BCUT2D eigenvalue weighted by Gasteiger charge is -2.13. The average molecular weight is 227 g/mol. The van der Waals surface area contributed by atoms with E-state index in [1.165, 1.54) is 0 Å². The zero-order chi connectivity index (χ0) is 12.0. The molecule has 90 valence electrons. The quantitative estimate of drug-likeness (QED) is 0.631. The van der Waals surface area contributed by atoms with Crippen molar-refractivity contribution < 1.29 is 19.7 Å². The van der Waals surface area contributed by atoms with Gasteiger partial charge in [-0.05, 0) is 6.07 Å². The largest absolute Gasteiger partial charge is 0.497 e. The summed E-state index contributed by atoms with van der Waals surface area (Å²) >= 11 is 0. The highest BCUT2D eigenvalue weighted by Crippen LogP contribution is 2.24. The lowest BCUT2D eigenvalue weighted by atomic mass is 10.2. The zero-order valence-corrected chi connectivity index (χ0v) is 9.22. The summed E-state index contributed by atoms with van der Waals surface area (Å²) in [5.41, 5.74) is 6.37. The molecule has 4 N–H and O–H groups in total. The summed E-state index contributed by atoms with van der Waals surface area (Å²) in [6.45, 7) is 0.0349. The topological polar surface area (TPSA) is 84.9 Å². The summed E-state index contributed by atoms with van der Waals surface area (Å²) in [5, 5.41) is 17.8. The third-order valence-corrected chi connectivity index (χ3v) is 2.14. The number of aliphatic hydroxyl groups is 2. The van der Waals surface area contributed by atoms with Crippen LogP contribution in [0.15, 0.2) is 18.2 Å². The van der Waals surface area contributed by atoms with Crippen LogP contribution in [0.25, 0.3) is 0 Å². The highest BCUT2D eigenvalue weighted by atomic mass is 16.5. The van der Waals surface area contributed by atoms with Crippen molar-refractivity contribution in [3.8, 4) is 11.5 Å². The van der Waals surface area contributed by atoms with Crippen molar-refractivity contribution in [2.45, 2.75) is 12.6 Å². The fraction of sp³-hybridized carbons (Fsp3) is 0.455. The van der Waals surface area contributed by atoms with Crippen molar-refractivity contribution in [1.29, 1.82) is 0 Å². The molecular weight excluding hydrogens is 210 g/mol. The summed E-state index contributed by atoms with van der Waals surface area (Å²) < 4.78 is 10.4. The first-order valence-electron chi connectivity index (χ1n) is 5.00. The van der Waals surface area contributed by atoms with Crippen molar-refractivity contribution in [3.05, 3.63) is 23.8 Å². The number of aliphatic hydroxyl groups excluding tert-OH is 2. The van der Waals surface area contributed by atoms with Gasteiger partial charge in [0.05, 0.1) is 13.7 Å². The molecule has 1 aromatic rings. The van der Waals surface area contributed by atoms with E-state index >= 15 is 0 Å². The van der Waals surface area contributed by atoms with E-state index in [2.05, 4.69) is 0 Å². The van der Waals surface area contributed by atoms with Gasteiger partial charge in [-0.2, -0.15) is 0 Å². The average Bonchev–Trinajstić information content (AvgIpc) is 2.35. The molecule has 0 aromatic heterocycles. The van der Waals surface area contributed by atoms with E-state index in [4.69, 9.17) is 20.3 Å². The predicted molar refractivity (Wildman–Crippen MR) is 59.5 cm³/mol. The first-order chi connectivity index (χ1) is 7.71. The molecule has 0 aliphatic rings. The summed E-state index contributed by atoms with van der Waals surface area (Å²) in [4.78, 5) is 0. The molecule has 0 amide bonds. The Morgan fingerprint density at radius 2 is 2.19 bits per heavy atom. The van der Waals surface area contributed by atoms with Gasteiger partial charge in [-0.3, -0.25) is 0 Å².